The smallest absolute Gasteiger partial charge is 0.257 e. The number of carbonyl (C=O) groups is 1. The number of carbonyl (C=O) groups excluding carboxylic acids is 1. The highest BCUT2D eigenvalue weighted by atomic mass is 16.5. The van der Waals surface area contributed by atoms with Crippen LogP contribution in [0.3, 0.4) is 0 Å². The van der Waals surface area contributed by atoms with Gasteiger partial charge in [-0.2, -0.15) is 0 Å². The van der Waals surface area contributed by atoms with Gasteiger partial charge in [-0.05, 0) is 38.2 Å². The van der Waals surface area contributed by atoms with Gasteiger partial charge in [-0.3, -0.25) is 4.79 Å². The summed E-state index contributed by atoms with van der Waals surface area (Å²) in [6.45, 7) is 5.04. The number of amides is 1. The molecule has 25 heavy (non-hydrogen) atoms. The lowest BCUT2D eigenvalue weighted by molar-refractivity contribution is -0.00702. The summed E-state index contributed by atoms with van der Waals surface area (Å²) in [6.07, 6.45) is 3.60. The minimum absolute atomic E-state index is 0.00212. The molecule has 132 valence electrons. The van der Waals surface area contributed by atoms with E-state index >= 15 is 0 Å². The lowest BCUT2D eigenvalue weighted by Gasteiger charge is -2.38. The number of piperidine rings is 1. The Bertz CT molecular complexity index is 733. The number of likely N-dealkylation sites (tertiary alicyclic amines) is 1. The maximum atomic E-state index is 12.8. The van der Waals surface area contributed by atoms with Gasteiger partial charge in [0.05, 0.1) is 17.4 Å². The molecule has 1 aliphatic heterocycles. The molecule has 2 aromatic rings. The SMILES string of the molecule is CO[C@@H]1CN(C(=O)c2cnc(C)nc2C)CC[C@@H]1Cc1ccccc1. The molecule has 1 aromatic heterocycles. The number of ether oxygens (including phenoxy) is 1. The summed E-state index contributed by atoms with van der Waals surface area (Å²) >= 11 is 0. The van der Waals surface area contributed by atoms with E-state index in [9.17, 15) is 4.79 Å². The van der Waals surface area contributed by atoms with E-state index in [1.54, 1.807) is 13.3 Å². The van der Waals surface area contributed by atoms with Crippen molar-refractivity contribution in [2.45, 2.75) is 32.8 Å². The van der Waals surface area contributed by atoms with Crippen LogP contribution in [0.15, 0.2) is 36.5 Å². The highest BCUT2D eigenvalue weighted by Gasteiger charge is 2.32. The number of hydrogen-bond donors (Lipinski definition) is 0. The fourth-order valence-corrected chi connectivity index (χ4v) is 3.53. The molecule has 1 saturated heterocycles. The van der Waals surface area contributed by atoms with Gasteiger partial charge in [0.2, 0.25) is 0 Å². The van der Waals surface area contributed by atoms with E-state index in [-0.39, 0.29) is 12.0 Å². The zero-order valence-electron chi connectivity index (χ0n) is 15.1. The number of benzene rings is 1. The number of aromatic nitrogens is 2. The first-order valence-electron chi connectivity index (χ1n) is 8.74. The van der Waals surface area contributed by atoms with Gasteiger partial charge in [0.15, 0.2) is 0 Å². The van der Waals surface area contributed by atoms with Crippen LogP contribution in [-0.4, -0.2) is 47.1 Å². The van der Waals surface area contributed by atoms with Gasteiger partial charge in [-0.1, -0.05) is 30.3 Å². The first kappa shape index (κ1) is 17.5. The molecule has 2 heterocycles. The lowest BCUT2D eigenvalue weighted by Crippen LogP contribution is -2.48. The normalized spacial score (nSPS) is 20.5. The Kier molecular flexibility index (Phi) is 5.43. The van der Waals surface area contributed by atoms with E-state index < -0.39 is 0 Å². The van der Waals surface area contributed by atoms with Crippen LogP contribution < -0.4 is 0 Å². The fourth-order valence-electron chi connectivity index (χ4n) is 3.53. The van der Waals surface area contributed by atoms with Gasteiger partial charge in [0, 0.05) is 26.4 Å². The van der Waals surface area contributed by atoms with Crippen molar-refractivity contribution in [1.29, 1.82) is 0 Å². The molecule has 0 saturated carbocycles. The number of hydrogen-bond acceptors (Lipinski definition) is 4. The summed E-state index contributed by atoms with van der Waals surface area (Å²) in [5.41, 5.74) is 2.64. The lowest BCUT2D eigenvalue weighted by atomic mass is 9.87. The van der Waals surface area contributed by atoms with Crippen LogP contribution in [0.4, 0.5) is 0 Å². The van der Waals surface area contributed by atoms with Gasteiger partial charge < -0.3 is 9.64 Å². The molecule has 2 atom stereocenters. The van der Waals surface area contributed by atoms with E-state index in [1.165, 1.54) is 5.56 Å². The van der Waals surface area contributed by atoms with Crippen molar-refractivity contribution in [1.82, 2.24) is 14.9 Å². The molecule has 1 aliphatic rings. The summed E-state index contributed by atoms with van der Waals surface area (Å²) < 4.78 is 5.72. The van der Waals surface area contributed by atoms with E-state index in [1.807, 2.05) is 24.8 Å². The Morgan fingerprint density at radius 3 is 2.72 bits per heavy atom. The molecule has 0 aliphatic carbocycles. The molecule has 5 nitrogen and oxygen atoms in total. The standard InChI is InChI=1S/C20H25N3O2/c1-14-18(12-21-15(2)22-14)20(24)23-10-9-17(19(13-23)25-3)11-16-7-5-4-6-8-16/h4-8,12,17,19H,9-11,13H2,1-3H3/t17-,19-/m1/s1. The zero-order valence-corrected chi connectivity index (χ0v) is 15.1. The van der Waals surface area contributed by atoms with Gasteiger partial charge in [-0.15, -0.1) is 0 Å². The maximum Gasteiger partial charge on any atom is 0.257 e. The Hall–Kier alpha value is -2.27. The van der Waals surface area contributed by atoms with Crippen LogP contribution >= 0.6 is 0 Å². The quantitative estimate of drug-likeness (QED) is 0.859. The summed E-state index contributed by atoms with van der Waals surface area (Å²) in [5.74, 6) is 1.11. The minimum atomic E-state index is -0.00212. The molecule has 5 heteroatoms. The highest BCUT2D eigenvalue weighted by Crippen LogP contribution is 2.25. The number of nitrogens with zero attached hydrogens (tertiary/aromatic N) is 3. The van der Waals surface area contributed by atoms with Crippen molar-refractivity contribution in [2.24, 2.45) is 5.92 Å². The number of methoxy groups -OCH3 is 1. The molecule has 1 amide bonds. The van der Waals surface area contributed by atoms with Gasteiger partial charge in [-0.25, -0.2) is 9.97 Å². The summed E-state index contributed by atoms with van der Waals surface area (Å²) in [6, 6.07) is 10.5. The van der Waals surface area contributed by atoms with Crippen molar-refractivity contribution in [3.05, 3.63) is 59.2 Å². The third-order valence-corrected chi connectivity index (χ3v) is 4.96. The molecule has 0 spiro atoms. The Morgan fingerprint density at radius 1 is 1.28 bits per heavy atom. The van der Waals surface area contributed by atoms with Crippen LogP contribution in [0, 0.1) is 19.8 Å². The van der Waals surface area contributed by atoms with Crippen LogP contribution in [0.2, 0.25) is 0 Å². The molecular weight excluding hydrogens is 314 g/mol. The maximum absolute atomic E-state index is 12.8. The first-order chi connectivity index (χ1) is 12.1. The third kappa shape index (κ3) is 4.04. The second-order valence-corrected chi connectivity index (χ2v) is 6.68. The average molecular weight is 339 g/mol. The second-order valence-electron chi connectivity index (χ2n) is 6.68. The van der Waals surface area contributed by atoms with E-state index in [0.717, 1.165) is 25.1 Å². The van der Waals surface area contributed by atoms with Crippen LogP contribution in [0.1, 0.15) is 33.9 Å². The first-order valence-corrected chi connectivity index (χ1v) is 8.74. The average Bonchev–Trinajstić information content (AvgIpc) is 2.62. The van der Waals surface area contributed by atoms with Crippen LogP contribution in [0.25, 0.3) is 0 Å². The van der Waals surface area contributed by atoms with Crippen molar-refractivity contribution in [2.75, 3.05) is 20.2 Å². The fraction of sp³-hybridized carbons (Fsp3) is 0.450. The molecule has 0 N–H and O–H groups in total. The summed E-state index contributed by atoms with van der Waals surface area (Å²) in [5, 5.41) is 0. The second kappa shape index (κ2) is 7.74. The van der Waals surface area contributed by atoms with Crippen molar-refractivity contribution in [3.8, 4) is 0 Å². The predicted molar refractivity (Wildman–Crippen MR) is 96.5 cm³/mol. The van der Waals surface area contributed by atoms with Crippen molar-refractivity contribution >= 4 is 5.91 Å². The van der Waals surface area contributed by atoms with E-state index in [2.05, 4.69) is 34.2 Å². The molecule has 3 rings (SSSR count). The molecule has 0 unspecified atom stereocenters. The molecule has 0 radical (unpaired) electrons. The highest BCUT2D eigenvalue weighted by molar-refractivity contribution is 5.95. The topological polar surface area (TPSA) is 55.3 Å². The van der Waals surface area contributed by atoms with Gasteiger partial charge in [0.25, 0.3) is 5.91 Å². The van der Waals surface area contributed by atoms with E-state index in [0.29, 0.717) is 23.9 Å². The number of rotatable bonds is 4. The monoisotopic (exact) mass is 339 g/mol. The summed E-state index contributed by atoms with van der Waals surface area (Å²) in [4.78, 5) is 23.2. The Balaban J connectivity index is 1.69. The van der Waals surface area contributed by atoms with Crippen molar-refractivity contribution in [3.63, 3.8) is 0 Å². The molecule has 0 bridgehead atoms. The van der Waals surface area contributed by atoms with Gasteiger partial charge >= 0.3 is 0 Å². The zero-order chi connectivity index (χ0) is 17.8. The molecule has 1 fully saturated rings. The van der Waals surface area contributed by atoms with E-state index in [4.69, 9.17) is 4.74 Å². The molecular formula is C20H25N3O2. The summed E-state index contributed by atoms with van der Waals surface area (Å²) in [7, 11) is 1.73. The Labute approximate surface area is 149 Å². The van der Waals surface area contributed by atoms with Gasteiger partial charge in [0.1, 0.15) is 5.82 Å². The van der Waals surface area contributed by atoms with Crippen molar-refractivity contribution < 1.29 is 9.53 Å². The largest absolute Gasteiger partial charge is 0.379 e. The minimum Gasteiger partial charge on any atom is -0.379 e. The van der Waals surface area contributed by atoms with Crippen LogP contribution in [0.5, 0.6) is 0 Å². The predicted octanol–water partition coefficient (Wildman–Crippen LogP) is 2.81. The third-order valence-electron chi connectivity index (χ3n) is 4.96. The van der Waals surface area contributed by atoms with Crippen LogP contribution in [-0.2, 0) is 11.2 Å². The Morgan fingerprint density at radius 2 is 2.04 bits per heavy atom. The number of aryl methyl sites for hydroxylation is 2. The molecule has 1 aromatic carbocycles.